The summed E-state index contributed by atoms with van der Waals surface area (Å²) >= 11 is 1.38. The quantitative estimate of drug-likeness (QED) is 0.639. The number of nitrogens with one attached hydrogen (secondary N) is 3. The first-order valence-electron chi connectivity index (χ1n) is 8.94. The number of carbonyl (C=O) groups excluding carboxylic acids is 4. The van der Waals surface area contributed by atoms with Crippen LogP contribution in [-0.2, 0) is 27.2 Å². The molecule has 0 aliphatic heterocycles. The maximum Gasteiger partial charge on any atom is 0.341 e. The highest BCUT2D eigenvalue weighted by molar-refractivity contribution is 7.17. The van der Waals surface area contributed by atoms with Gasteiger partial charge in [-0.25, -0.2) is 9.59 Å². The number of ether oxygens (including phenoxy) is 1. The molecule has 1 heterocycles. The van der Waals surface area contributed by atoms with Crippen LogP contribution >= 0.6 is 11.3 Å². The molecule has 0 saturated heterocycles. The first-order chi connectivity index (χ1) is 12.8. The Balaban J connectivity index is 1.99. The minimum atomic E-state index is -0.713. The second-order valence-electron chi connectivity index (χ2n) is 6.82. The van der Waals surface area contributed by atoms with Gasteiger partial charge >= 0.3 is 12.0 Å². The molecular formula is C18H25N3O5S. The summed E-state index contributed by atoms with van der Waals surface area (Å²) in [7, 11) is 0. The molecule has 1 aromatic heterocycles. The van der Waals surface area contributed by atoms with E-state index in [1.54, 1.807) is 0 Å². The number of hydrogen-bond donors (Lipinski definition) is 3. The minimum Gasteiger partial charge on any atom is -0.452 e. The van der Waals surface area contributed by atoms with Crippen molar-refractivity contribution in [1.29, 1.82) is 0 Å². The van der Waals surface area contributed by atoms with Crippen LogP contribution in [0.2, 0.25) is 0 Å². The molecule has 0 atom stereocenters. The van der Waals surface area contributed by atoms with Gasteiger partial charge in [0, 0.05) is 18.3 Å². The van der Waals surface area contributed by atoms with Crippen LogP contribution in [-0.4, -0.2) is 37.0 Å². The number of anilines is 1. The second kappa shape index (κ2) is 9.50. The van der Waals surface area contributed by atoms with Crippen molar-refractivity contribution in [2.45, 2.75) is 46.5 Å². The van der Waals surface area contributed by atoms with Gasteiger partial charge in [0.1, 0.15) is 5.00 Å². The Kier molecular flexibility index (Phi) is 7.35. The van der Waals surface area contributed by atoms with Crippen LogP contribution in [0.1, 0.15) is 54.4 Å². The average molecular weight is 395 g/mol. The molecule has 27 heavy (non-hydrogen) atoms. The van der Waals surface area contributed by atoms with Gasteiger partial charge in [0.15, 0.2) is 6.61 Å². The van der Waals surface area contributed by atoms with Gasteiger partial charge in [0.2, 0.25) is 5.91 Å². The molecule has 1 aliphatic rings. The van der Waals surface area contributed by atoms with E-state index in [2.05, 4.69) is 16.0 Å². The van der Waals surface area contributed by atoms with E-state index in [0.717, 1.165) is 36.1 Å². The predicted molar refractivity (Wildman–Crippen MR) is 102 cm³/mol. The lowest BCUT2D eigenvalue weighted by Crippen LogP contribution is -2.42. The Labute approximate surface area is 162 Å². The maximum atomic E-state index is 12.5. The molecule has 0 unspecified atom stereocenters. The number of carbonyl (C=O) groups is 4. The summed E-state index contributed by atoms with van der Waals surface area (Å²) in [4.78, 5) is 48.4. The number of esters is 1. The summed E-state index contributed by atoms with van der Waals surface area (Å²) in [6.07, 6.45) is 3.59. The van der Waals surface area contributed by atoms with Crippen LogP contribution in [0.4, 0.5) is 9.80 Å². The van der Waals surface area contributed by atoms with E-state index in [-0.39, 0.29) is 11.8 Å². The first kappa shape index (κ1) is 20.9. The molecule has 3 N–H and O–H groups in total. The lowest BCUT2D eigenvalue weighted by Gasteiger charge is -2.13. The summed E-state index contributed by atoms with van der Waals surface area (Å²) < 4.78 is 5.09. The highest BCUT2D eigenvalue weighted by Crippen LogP contribution is 2.38. The van der Waals surface area contributed by atoms with E-state index in [0.29, 0.717) is 17.1 Å². The highest BCUT2D eigenvalue weighted by Gasteiger charge is 2.27. The monoisotopic (exact) mass is 395 g/mol. The van der Waals surface area contributed by atoms with Crippen molar-refractivity contribution in [1.82, 2.24) is 10.6 Å². The Hall–Kier alpha value is -2.42. The Morgan fingerprint density at radius 1 is 1.15 bits per heavy atom. The smallest absolute Gasteiger partial charge is 0.341 e. The number of rotatable bonds is 6. The zero-order valence-corrected chi connectivity index (χ0v) is 16.6. The van der Waals surface area contributed by atoms with Crippen LogP contribution in [0, 0.1) is 5.92 Å². The molecule has 0 saturated carbocycles. The van der Waals surface area contributed by atoms with E-state index in [9.17, 15) is 19.2 Å². The fourth-order valence-electron chi connectivity index (χ4n) is 2.74. The average Bonchev–Trinajstić information content (AvgIpc) is 2.95. The summed E-state index contributed by atoms with van der Waals surface area (Å²) in [6, 6.07) is -0.628. The minimum absolute atomic E-state index is 0.251. The molecule has 4 amide bonds. The summed E-state index contributed by atoms with van der Waals surface area (Å²) in [5.41, 5.74) is 1.21. The number of hydrogen-bond acceptors (Lipinski definition) is 6. The molecule has 1 aliphatic carbocycles. The van der Waals surface area contributed by atoms with Gasteiger partial charge < -0.3 is 15.4 Å². The van der Waals surface area contributed by atoms with Crippen LogP contribution in [0.15, 0.2) is 0 Å². The third kappa shape index (κ3) is 6.06. The summed E-state index contributed by atoms with van der Waals surface area (Å²) in [6.45, 7) is 5.09. The van der Waals surface area contributed by atoms with Crippen LogP contribution in [0.25, 0.3) is 0 Å². The molecule has 0 bridgehead atoms. The van der Waals surface area contributed by atoms with Crippen LogP contribution < -0.4 is 16.0 Å². The van der Waals surface area contributed by atoms with Gasteiger partial charge in [-0.1, -0.05) is 13.8 Å². The lowest BCUT2D eigenvalue weighted by atomic mass is 9.95. The van der Waals surface area contributed by atoms with E-state index in [4.69, 9.17) is 4.74 Å². The molecule has 8 nitrogen and oxygen atoms in total. The van der Waals surface area contributed by atoms with Crippen molar-refractivity contribution in [3.8, 4) is 0 Å². The van der Waals surface area contributed by atoms with Gasteiger partial charge in [0.05, 0.1) is 5.56 Å². The highest BCUT2D eigenvalue weighted by atomic mass is 32.1. The molecule has 9 heteroatoms. The molecule has 1 aromatic rings. The molecule has 148 valence electrons. The first-order valence-corrected chi connectivity index (χ1v) is 9.76. The largest absolute Gasteiger partial charge is 0.452 e. The summed E-state index contributed by atoms with van der Waals surface area (Å²) in [5, 5.41) is 7.78. The second-order valence-corrected chi connectivity index (χ2v) is 7.93. The fraction of sp³-hybridized carbons (Fsp3) is 0.556. The molecule has 0 spiro atoms. The van der Waals surface area contributed by atoms with Gasteiger partial charge in [-0.05, 0) is 37.2 Å². The third-order valence-electron chi connectivity index (χ3n) is 3.92. The SMILES string of the molecule is CC(=O)Nc1sc2c(c1C(=O)OCC(=O)NC(=O)NCC(C)C)CCCC2. The topological polar surface area (TPSA) is 114 Å². The Morgan fingerprint density at radius 2 is 1.85 bits per heavy atom. The lowest BCUT2D eigenvalue weighted by molar-refractivity contribution is -0.123. The zero-order chi connectivity index (χ0) is 20.0. The van der Waals surface area contributed by atoms with Crippen LogP contribution in [0.5, 0.6) is 0 Å². The van der Waals surface area contributed by atoms with Crippen molar-refractivity contribution >= 4 is 40.2 Å². The van der Waals surface area contributed by atoms with Crippen LogP contribution in [0.3, 0.4) is 0 Å². The number of imide groups is 1. The molecule has 0 fully saturated rings. The third-order valence-corrected chi connectivity index (χ3v) is 5.13. The molecule has 0 aromatic carbocycles. The van der Waals surface area contributed by atoms with Gasteiger partial charge in [-0.3, -0.25) is 14.9 Å². The number of urea groups is 1. The Morgan fingerprint density at radius 3 is 2.52 bits per heavy atom. The fourth-order valence-corrected chi connectivity index (χ4v) is 4.06. The standard InChI is InChI=1S/C18H25N3O5S/c1-10(2)8-19-18(25)21-14(23)9-26-17(24)15-12-6-4-5-7-13(12)27-16(15)20-11(3)22/h10H,4-9H2,1-3H3,(H,20,22)(H2,19,21,23,25). The van der Waals surface area contributed by atoms with Gasteiger partial charge in [0.25, 0.3) is 5.91 Å². The van der Waals surface area contributed by atoms with E-state index in [1.807, 2.05) is 13.8 Å². The van der Waals surface area contributed by atoms with Crippen molar-refractivity contribution in [2.24, 2.45) is 5.92 Å². The van der Waals surface area contributed by atoms with Crippen molar-refractivity contribution < 1.29 is 23.9 Å². The molecule has 2 rings (SSSR count). The van der Waals surface area contributed by atoms with Crippen molar-refractivity contribution in [3.63, 3.8) is 0 Å². The summed E-state index contributed by atoms with van der Waals surface area (Å²) in [5.74, 6) is -1.41. The molecular weight excluding hydrogens is 370 g/mol. The predicted octanol–water partition coefficient (Wildman–Crippen LogP) is 2.22. The van der Waals surface area contributed by atoms with Gasteiger partial charge in [-0.2, -0.15) is 0 Å². The molecule has 0 radical (unpaired) electrons. The van der Waals surface area contributed by atoms with E-state index in [1.165, 1.54) is 18.3 Å². The number of amides is 4. The normalized spacial score (nSPS) is 12.9. The number of thiophene rings is 1. The van der Waals surface area contributed by atoms with Crippen molar-refractivity contribution in [2.75, 3.05) is 18.5 Å². The van der Waals surface area contributed by atoms with E-state index >= 15 is 0 Å². The van der Waals surface area contributed by atoms with Gasteiger partial charge in [-0.15, -0.1) is 11.3 Å². The zero-order valence-electron chi connectivity index (χ0n) is 15.8. The number of fused-ring (bicyclic) bond motifs is 1. The van der Waals surface area contributed by atoms with Crippen molar-refractivity contribution in [3.05, 3.63) is 16.0 Å². The maximum absolute atomic E-state index is 12.5. The number of aryl methyl sites for hydroxylation is 1. The Bertz CT molecular complexity index is 742. The van der Waals surface area contributed by atoms with E-state index < -0.39 is 24.5 Å².